The number of aromatic nitrogens is 4. The maximum Gasteiger partial charge on any atom is 0.280 e. The fraction of sp³-hybridized carbons (Fsp3) is 0.189. The van der Waals surface area contributed by atoms with Crippen molar-refractivity contribution in [3.8, 4) is 5.75 Å². The van der Waals surface area contributed by atoms with E-state index in [1.165, 1.54) is 6.33 Å². The summed E-state index contributed by atoms with van der Waals surface area (Å²) in [5.41, 5.74) is 2.18. The normalized spacial score (nSPS) is 16.9. The number of nitrogens with one attached hydrogen (secondary N) is 2. The highest BCUT2D eigenvalue weighted by Gasteiger charge is 2.46. The molecule has 48 heavy (non-hydrogen) atoms. The van der Waals surface area contributed by atoms with Crippen LogP contribution in [-0.2, 0) is 15.1 Å². The number of aliphatic hydroxyl groups excluding tert-OH is 1. The van der Waals surface area contributed by atoms with E-state index in [-0.39, 0.29) is 30.3 Å². The van der Waals surface area contributed by atoms with E-state index in [4.69, 9.17) is 9.47 Å². The van der Waals surface area contributed by atoms with Gasteiger partial charge in [-0.25, -0.2) is 4.98 Å². The zero-order valence-electron chi connectivity index (χ0n) is 26.0. The molecule has 7 rings (SSSR count). The van der Waals surface area contributed by atoms with Crippen LogP contribution in [0.15, 0.2) is 132 Å². The molecule has 6 aromatic rings. The van der Waals surface area contributed by atoms with Crippen molar-refractivity contribution in [1.29, 1.82) is 0 Å². The quantitative estimate of drug-likeness (QED) is 0.188. The number of imidazole rings is 1. The molecule has 1 aliphatic heterocycles. The molecule has 0 unspecified atom stereocenters. The van der Waals surface area contributed by atoms with Gasteiger partial charge in [0.2, 0.25) is 5.95 Å². The molecule has 0 aliphatic carbocycles. The first-order chi connectivity index (χ1) is 23.6. The second-order valence-electron chi connectivity index (χ2n) is 11.5. The third-order valence-corrected chi connectivity index (χ3v) is 8.52. The van der Waals surface area contributed by atoms with Crippen LogP contribution in [-0.4, -0.2) is 67.8 Å². The van der Waals surface area contributed by atoms with Crippen LogP contribution in [0.3, 0.4) is 0 Å². The van der Waals surface area contributed by atoms with Crippen molar-refractivity contribution in [2.24, 2.45) is 0 Å². The number of ether oxygens (including phenoxy) is 2. The van der Waals surface area contributed by atoms with E-state index in [2.05, 4.69) is 61.6 Å². The van der Waals surface area contributed by atoms with Crippen molar-refractivity contribution in [2.45, 2.75) is 17.9 Å². The molecule has 242 valence electrons. The number of para-hydroxylation sites is 1. The fourth-order valence-corrected chi connectivity index (χ4v) is 6.46. The lowest BCUT2D eigenvalue weighted by atomic mass is 9.75. The summed E-state index contributed by atoms with van der Waals surface area (Å²) >= 11 is 0. The maximum absolute atomic E-state index is 13.1. The number of benzene rings is 4. The van der Waals surface area contributed by atoms with Crippen LogP contribution in [0.2, 0.25) is 0 Å². The number of hydrogen-bond acceptors (Lipinski definition) is 8. The number of nitrogens with zero attached hydrogens (tertiary/aromatic N) is 4. The number of amides is 1. The van der Waals surface area contributed by atoms with Gasteiger partial charge < -0.3 is 14.6 Å². The van der Waals surface area contributed by atoms with Crippen molar-refractivity contribution >= 4 is 23.0 Å². The average molecular weight is 643 g/mol. The van der Waals surface area contributed by atoms with Crippen molar-refractivity contribution < 1.29 is 19.4 Å². The Morgan fingerprint density at radius 3 is 2.00 bits per heavy atom. The van der Waals surface area contributed by atoms with Gasteiger partial charge in [0.1, 0.15) is 12.0 Å². The van der Waals surface area contributed by atoms with E-state index in [0.29, 0.717) is 18.8 Å². The number of H-pyrrole nitrogens is 1. The summed E-state index contributed by atoms with van der Waals surface area (Å²) < 4.78 is 13.7. The summed E-state index contributed by atoms with van der Waals surface area (Å²) in [6, 6.07) is 39.8. The number of carbonyl (C=O) groups excluding carboxylic acids is 1. The van der Waals surface area contributed by atoms with Gasteiger partial charge in [0.25, 0.3) is 11.5 Å². The Balaban J connectivity index is 1.27. The lowest BCUT2D eigenvalue weighted by Crippen LogP contribution is -2.57. The predicted octanol–water partition coefficient (Wildman–Crippen LogP) is 4.32. The molecule has 0 spiro atoms. The van der Waals surface area contributed by atoms with Gasteiger partial charge in [0.15, 0.2) is 17.8 Å². The average Bonchev–Trinajstić information content (AvgIpc) is 3.57. The first kappa shape index (κ1) is 31.0. The largest absolute Gasteiger partial charge is 0.484 e. The van der Waals surface area contributed by atoms with Crippen molar-refractivity contribution in [3.63, 3.8) is 0 Å². The van der Waals surface area contributed by atoms with Crippen LogP contribution in [0.1, 0.15) is 22.9 Å². The Morgan fingerprint density at radius 1 is 0.875 bits per heavy atom. The second kappa shape index (κ2) is 13.6. The van der Waals surface area contributed by atoms with Gasteiger partial charge in [0, 0.05) is 13.1 Å². The summed E-state index contributed by atoms with van der Waals surface area (Å²) in [4.78, 5) is 39.7. The van der Waals surface area contributed by atoms with E-state index in [0.717, 1.165) is 16.7 Å². The number of carbonyl (C=O) groups is 1. The van der Waals surface area contributed by atoms with E-state index in [9.17, 15) is 14.7 Å². The number of aromatic amines is 1. The Bertz CT molecular complexity index is 1940. The molecule has 3 N–H and O–H groups in total. The van der Waals surface area contributed by atoms with Crippen LogP contribution >= 0.6 is 0 Å². The molecule has 1 aliphatic rings. The second-order valence-corrected chi connectivity index (χ2v) is 11.5. The van der Waals surface area contributed by atoms with Gasteiger partial charge >= 0.3 is 0 Å². The van der Waals surface area contributed by atoms with Crippen molar-refractivity contribution in [2.75, 3.05) is 31.6 Å². The smallest absolute Gasteiger partial charge is 0.280 e. The molecule has 2 aromatic heterocycles. The molecule has 4 aromatic carbocycles. The molecule has 0 radical (unpaired) electrons. The van der Waals surface area contributed by atoms with Crippen LogP contribution < -0.4 is 15.6 Å². The third-order valence-electron chi connectivity index (χ3n) is 8.52. The monoisotopic (exact) mass is 642 g/mol. The number of morpholine rings is 1. The third kappa shape index (κ3) is 5.97. The van der Waals surface area contributed by atoms with Gasteiger partial charge in [-0.15, -0.1) is 0 Å². The van der Waals surface area contributed by atoms with E-state index in [1.54, 1.807) is 28.8 Å². The van der Waals surface area contributed by atoms with Crippen molar-refractivity contribution in [3.05, 3.63) is 155 Å². The molecule has 0 bridgehead atoms. The first-order valence-electron chi connectivity index (χ1n) is 15.7. The maximum atomic E-state index is 13.1. The van der Waals surface area contributed by atoms with Crippen LogP contribution in [0, 0.1) is 0 Å². The molecule has 3 heterocycles. The summed E-state index contributed by atoms with van der Waals surface area (Å²) in [6.45, 7) is 0.256. The van der Waals surface area contributed by atoms with Gasteiger partial charge in [-0.3, -0.25) is 29.4 Å². The number of rotatable bonds is 10. The molecule has 1 fully saturated rings. The van der Waals surface area contributed by atoms with Crippen LogP contribution in [0.25, 0.3) is 11.2 Å². The Hall–Kier alpha value is -5.62. The molecule has 1 saturated heterocycles. The topological polar surface area (TPSA) is 135 Å². The summed E-state index contributed by atoms with van der Waals surface area (Å²) in [6.07, 6.45) is 0.234. The molecular weight excluding hydrogens is 608 g/mol. The highest BCUT2D eigenvalue weighted by Crippen LogP contribution is 2.44. The summed E-state index contributed by atoms with van der Waals surface area (Å²) in [5.74, 6) is -0.00151. The minimum atomic E-state index is -0.765. The van der Waals surface area contributed by atoms with E-state index >= 15 is 0 Å². The minimum absolute atomic E-state index is 0.0468. The lowest BCUT2D eigenvalue weighted by Gasteiger charge is -2.50. The lowest BCUT2D eigenvalue weighted by molar-refractivity contribution is -0.148. The standard InChI is InChI=1S/C37H34N6O5/c44-23-30-21-42(37(26-13-5-1-6-14-26,27-15-7-2-8-16-27)28-17-9-3-10-18-28)22-32(48-30)43-25-38-33-34(43)40-36(41-35(33)46)39-31(45)24-47-29-19-11-4-12-20-29/h1-20,25,30,32,44H,21-24H2,(H2,39,40,41,45,46)/t30-,32+/m0/s1. The Morgan fingerprint density at radius 2 is 1.44 bits per heavy atom. The fourth-order valence-electron chi connectivity index (χ4n) is 6.46. The molecule has 1 amide bonds. The Kier molecular flexibility index (Phi) is 8.80. The van der Waals surface area contributed by atoms with Crippen molar-refractivity contribution in [1.82, 2.24) is 24.4 Å². The summed E-state index contributed by atoms with van der Waals surface area (Å²) in [7, 11) is 0. The van der Waals surface area contributed by atoms with E-state index < -0.39 is 29.3 Å². The predicted molar refractivity (Wildman–Crippen MR) is 180 cm³/mol. The number of hydrogen-bond donors (Lipinski definition) is 3. The van der Waals surface area contributed by atoms with Gasteiger partial charge in [-0.1, -0.05) is 109 Å². The highest BCUT2D eigenvalue weighted by atomic mass is 16.5. The molecule has 0 saturated carbocycles. The SMILES string of the molecule is O=C(COc1ccccc1)Nc1nc2c(ncn2[C@H]2CN(C(c3ccccc3)(c3ccccc3)c3ccccc3)C[C@@H](CO)O2)c(=O)[nH]1. The zero-order chi connectivity index (χ0) is 32.9. The molecular formula is C37H34N6O5. The molecule has 11 nitrogen and oxygen atoms in total. The Labute approximate surface area is 276 Å². The minimum Gasteiger partial charge on any atom is -0.484 e. The number of fused-ring (bicyclic) bond motifs is 1. The zero-order valence-corrected chi connectivity index (χ0v) is 26.0. The highest BCUT2D eigenvalue weighted by molar-refractivity contribution is 5.90. The van der Waals surface area contributed by atoms with Crippen LogP contribution in [0.5, 0.6) is 5.75 Å². The first-order valence-corrected chi connectivity index (χ1v) is 15.7. The van der Waals surface area contributed by atoms with Gasteiger partial charge in [-0.2, -0.15) is 4.98 Å². The van der Waals surface area contributed by atoms with E-state index in [1.807, 2.05) is 60.7 Å². The molecule has 2 atom stereocenters. The number of aliphatic hydroxyl groups is 1. The number of anilines is 1. The van der Waals surface area contributed by atoms with Gasteiger partial charge in [0.05, 0.1) is 24.6 Å². The van der Waals surface area contributed by atoms with Crippen LogP contribution in [0.4, 0.5) is 5.95 Å². The summed E-state index contributed by atoms with van der Waals surface area (Å²) in [5, 5.41) is 13.1. The van der Waals surface area contributed by atoms with Gasteiger partial charge in [-0.05, 0) is 28.8 Å². The molecule has 11 heteroatoms.